The fraction of sp³-hybridized carbons (Fsp3) is 0.400. The van der Waals surface area contributed by atoms with Gasteiger partial charge >= 0.3 is 0 Å². The van der Waals surface area contributed by atoms with E-state index < -0.39 is 0 Å². The standard InChI is InChI=1S/C15H19ClN6S/c1-11-14(23-20-19-11)10-18-15(17)22-8-6-21(7-9-22)13-4-2-12(16)3-5-13/h2-5H,6-10H2,1H3,(H2,17,18). The molecule has 1 saturated heterocycles. The van der Waals surface area contributed by atoms with Gasteiger partial charge in [0.25, 0.3) is 0 Å². The molecule has 0 spiro atoms. The third kappa shape index (κ3) is 3.92. The zero-order valence-corrected chi connectivity index (χ0v) is 14.5. The number of hydrogen-bond donors (Lipinski definition) is 1. The van der Waals surface area contributed by atoms with Crippen molar-refractivity contribution >= 4 is 34.8 Å². The molecule has 3 rings (SSSR count). The maximum absolute atomic E-state index is 6.12. The van der Waals surface area contributed by atoms with Crippen LogP contribution in [-0.4, -0.2) is 46.6 Å². The molecular weight excluding hydrogens is 332 g/mol. The molecule has 0 amide bonds. The van der Waals surface area contributed by atoms with E-state index in [1.54, 1.807) is 0 Å². The molecule has 0 unspecified atom stereocenters. The van der Waals surface area contributed by atoms with Crippen molar-refractivity contribution in [2.45, 2.75) is 13.5 Å². The lowest BCUT2D eigenvalue weighted by Gasteiger charge is -2.36. The second-order valence-electron chi connectivity index (χ2n) is 5.41. The van der Waals surface area contributed by atoms with Gasteiger partial charge in [-0.2, -0.15) is 0 Å². The molecule has 0 saturated carbocycles. The van der Waals surface area contributed by atoms with Crippen molar-refractivity contribution in [2.75, 3.05) is 31.1 Å². The summed E-state index contributed by atoms with van der Waals surface area (Å²) in [6.45, 7) is 6.04. The molecular formula is C15H19ClN6S. The van der Waals surface area contributed by atoms with E-state index in [1.807, 2.05) is 19.1 Å². The molecule has 1 aliphatic heterocycles. The zero-order chi connectivity index (χ0) is 16.2. The first-order valence-electron chi connectivity index (χ1n) is 7.46. The number of nitrogens with zero attached hydrogens (tertiary/aromatic N) is 5. The van der Waals surface area contributed by atoms with Crippen LogP contribution in [-0.2, 0) is 6.54 Å². The molecule has 0 atom stereocenters. The summed E-state index contributed by atoms with van der Waals surface area (Å²) in [7, 11) is 0. The maximum Gasteiger partial charge on any atom is 0.191 e. The first-order valence-corrected chi connectivity index (χ1v) is 8.62. The van der Waals surface area contributed by atoms with Crippen molar-refractivity contribution in [3.8, 4) is 0 Å². The second kappa shape index (κ2) is 7.14. The third-order valence-corrected chi connectivity index (χ3v) is 4.99. The molecule has 6 nitrogen and oxygen atoms in total. The predicted octanol–water partition coefficient (Wildman–Crippen LogP) is 2.14. The first-order chi connectivity index (χ1) is 11.1. The van der Waals surface area contributed by atoms with E-state index in [1.165, 1.54) is 17.2 Å². The number of piperazine rings is 1. The number of benzene rings is 1. The van der Waals surface area contributed by atoms with Crippen LogP contribution < -0.4 is 10.6 Å². The molecule has 2 aromatic rings. The predicted molar refractivity (Wildman–Crippen MR) is 95.2 cm³/mol. The van der Waals surface area contributed by atoms with Gasteiger partial charge in [0.05, 0.1) is 17.1 Å². The van der Waals surface area contributed by atoms with Gasteiger partial charge in [-0.05, 0) is 42.7 Å². The van der Waals surface area contributed by atoms with E-state index in [0.29, 0.717) is 12.5 Å². The van der Waals surface area contributed by atoms with Crippen molar-refractivity contribution in [3.05, 3.63) is 39.9 Å². The van der Waals surface area contributed by atoms with E-state index in [4.69, 9.17) is 17.3 Å². The normalized spacial score (nSPS) is 16.0. The highest BCUT2D eigenvalue weighted by molar-refractivity contribution is 7.05. The van der Waals surface area contributed by atoms with Gasteiger partial charge in [-0.25, -0.2) is 4.99 Å². The van der Waals surface area contributed by atoms with E-state index in [2.05, 4.69) is 36.5 Å². The summed E-state index contributed by atoms with van der Waals surface area (Å²) in [4.78, 5) is 9.99. The van der Waals surface area contributed by atoms with Gasteiger partial charge in [0.1, 0.15) is 0 Å². The molecule has 122 valence electrons. The molecule has 23 heavy (non-hydrogen) atoms. The highest BCUT2D eigenvalue weighted by Crippen LogP contribution is 2.19. The Hall–Kier alpha value is -1.86. The van der Waals surface area contributed by atoms with Crippen LogP contribution in [0.5, 0.6) is 0 Å². The van der Waals surface area contributed by atoms with Crippen LogP contribution in [0.3, 0.4) is 0 Å². The van der Waals surface area contributed by atoms with Gasteiger partial charge in [0.15, 0.2) is 5.96 Å². The molecule has 1 aliphatic rings. The Morgan fingerprint density at radius 3 is 2.57 bits per heavy atom. The number of rotatable bonds is 3. The van der Waals surface area contributed by atoms with Gasteiger partial charge in [-0.3, -0.25) is 0 Å². The number of guanidine groups is 1. The summed E-state index contributed by atoms with van der Waals surface area (Å²) in [6.07, 6.45) is 0. The van der Waals surface area contributed by atoms with E-state index in [0.717, 1.165) is 41.8 Å². The highest BCUT2D eigenvalue weighted by atomic mass is 35.5. The minimum Gasteiger partial charge on any atom is -0.370 e. The Labute approximate surface area is 144 Å². The van der Waals surface area contributed by atoms with Gasteiger partial charge in [0.2, 0.25) is 0 Å². The molecule has 0 aliphatic carbocycles. The van der Waals surface area contributed by atoms with Crippen molar-refractivity contribution in [2.24, 2.45) is 10.7 Å². The SMILES string of the molecule is Cc1nnsc1CN=C(N)N1CCN(c2ccc(Cl)cc2)CC1. The summed E-state index contributed by atoms with van der Waals surface area (Å²) in [5.74, 6) is 0.591. The van der Waals surface area contributed by atoms with E-state index in [-0.39, 0.29) is 0 Å². The summed E-state index contributed by atoms with van der Waals surface area (Å²) >= 11 is 7.31. The smallest absolute Gasteiger partial charge is 0.191 e. The monoisotopic (exact) mass is 350 g/mol. The molecule has 2 heterocycles. The Kier molecular flexibility index (Phi) is 4.97. The van der Waals surface area contributed by atoms with Crippen LogP contribution in [0.15, 0.2) is 29.3 Å². The number of aliphatic imine (C=N–C) groups is 1. The van der Waals surface area contributed by atoms with Crippen LogP contribution in [0.2, 0.25) is 5.02 Å². The quantitative estimate of drug-likeness (QED) is 0.678. The second-order valence-corrected chi connectivity index (χ2v) is 6.68. The number of aryl methyl sites for hydroxylation is 1. The summed E-state index contributed by atoms with van der Waals surface area (Å²) < 4.78 is 3.91. The minimum atomic E-state index is 0.548. The molecule has 1 aromatic heterocycles. The maximum atomic E-state index is 6.12. The average Bonchev–Trinajstić information content (AvgIpc) is 2.99. The van der Waals surface area contributed by atoms with Gasteiger partial charge in [0, 0.05) is 36.9 Å². The molecule has 1 fully saturated rings. The van der Waals surface area contributed by atoms with Crippen LogP contribution in [0, 0.1) is 6.92 Å². The third-order valence-electron chi connectivity index (χ3n) is 3.93. The Morgan fingerprint density at radius 2 is 1.96 bits per heavy atom. The lowest BCUT2D eigenvalue weighted by molar-refractivity contribution is 0.381. The molecule has 0 bridgehead atoms. The fourth-order valence-corrected chi connectivity index (χ4v) is 3.18. The number of nitrogens with two attached hydrogens (primary N) is 1. The minimum absolute atomic E-state index is 0.548. The average molecular weight is 351 g/mol. The Bertz CT molecular complexity index is 676. The van der Waals surface area contributed by atoms with Crippen molar-refractivity contribution in [3.63, 3.8) is 0 Å². The van der Waals surface area contributed by atoms with Crippen LogP contribution in [0.25, 0.3) is 0 Å². The van der Waals surface area contributed by atoms with Crippen LogP contribution in [0.4, 0.5) is 5.69 Å². The van der Waals surface area contributed by atoms with Crippen LogP contribution >= 0.6 is 23.1 Å². The number of hydrogen-bond acceptors (Lipinski definition) is 5. The number of aromatic nitrogens is 2. The summed E-state index contributed by atoms with van der Waals surface area (Å²) in [6, 6.07) is 7.94. The lowest BCUT2D eigenvalue weighted by Crippen LogP contribution is -2.51. The van der Waals surface area contributed by atoms with E-state index in [9.17, 15) is 0 Å². The van der Waals surface area contributed by atoms with Crippen molar-refractivity contribution < 1.29 is 0 Å². The number of anilines is 1. The largest absolute Gasteiger partial charge is 0.370 e. The summed E-state index contributed by atoms with van der Waals surface area (Å²) in [5, 5.41) is 4.75. The zero-order valence-electron chi connectivity index (χ0n) is 12.9. The van der Waals surface area contributed by atoms with Gasteiger partial charge in [-0.1, -0.05) is 16.1 Å². The van der Waals surface area contributed by atoms with Gasteiger partial charge in [-0.15, -0.1) is 5.10 Å². The van der Waals surface area contributed by atoms with Crippen LogP contribution in [0.1, 0.15) is 10.6 Å². The molecule has 1 aromatic carbocycles. The lowest BCUT2D eigenvalue weighted by atomic mass is 10.2. The van der Waals surface area contributed by atoms with Crippen molar-refractivity contribution in [1.82, 2.24) is 14.5 Å². The van der Waals surface area contributed by atoms with Gasteiger partial charge < -0.3 is 15.5 Å². The molecule has 8 heteroatoms. The van der Waals surface area contributed by atoms with E-state index >= 15 is 0 Å². The first kappa shape index (κ1) is 16.0. The highest BCUT2D eigenvalue weighted by Gasteiger charge is 2.18. The van der Waals surface area contributed by atoms with Crippen molar-refractivity contribution in [1.29, 1.82) is 0 Å². The Balaban J connectivity index is 1.55. The fourth-order valence-electron chi connectivity index (χ4n) is 2.49. The molecule has 0 radical (unpaired) electrons. The Morgan fingerprint density at radius 1 is 1.26 bits per heavy atom. The molecule has 2 N–H and O–H groups in total. The summed E-state index contributed by atoms with van der Waals surface area (Å²) in [5.41, 5.74) is 8.24. The number of halogens is 1. The topological polar surface area (TPSA) is 70.6 Å².